The largest absolute Gasteiger partial charge is 0.436 e. The van der Waals surface area contributed by atoms with Gasteiger partial charge in [0.15, 0.2) is 11.6 Å². The van der Waals surface area contributed by atoms with Gasteiger partial charge in [-0.05, 0) is 32.0 Å². The Bertz CT molecular complexity index is 942. The normalized spacial score (nSPS) is 17.4. The lowest BCUT2D eigenvalue weighted by molar-refractivity contribution is 0.313. The fourth-order valence-corrected chi connectivity index (χ4v) is 3.37. The molecule has 0 bridgehead atoms. The van der Waals surface area contributed by atoms with Gasteiger partial charge >= 0.3 is 0 Å². The van der Waals surface area contributed by atoms with Crippen molar-refractivity contribution in [2.75, 3.05) is 13.1 Å². The molecule has 3 aromatic rings. The van der Waals surface area contributed by atoms with Crippen LogP contribution >= 0.6 is 0 Å². The average molecular weight is 367 g/mol. The van der Waals surface area contributed by atoms with Crippen molar-refractivity contribution in [3.63, 3.8) is 0 Å². The van der Waals surface area contributed by atoms with Crippen molar-refractivity contribution < 1.29 is 9.13 Å². The molecule has 140 valence electrons. The second-order valence-electron chi connectivity index (χ2n) is 6.91. The minimum absolute atomic E-state index is 0.171. The molecule has 1 fully saturated rings. The van der Waals surface area contributed by atoms with E-state index in [9.17, 15) is 4.39 Å². The van der Waals surface area contributed by atoms with Gasteiger partial charge in [-0.2, -0.15) is 4.98 Å². The van der Waals surface area contributed by atoms with Gasteiger partial charge in [0.2, 0.25) is 5.88 Å². The Morgan fingerprint density at radius 1 is 1.26 bits per heavy atom. The highest BCUT2D eigenvalue weighted by molar-refractivity contribution is 5.29. The molecule has 1 aromatic carbocycles. The summed E-state index contributed by atoms with van der Waals surface area (Å²) in [7, 11) is 2.01. The van der Waals surface area contributed by atoms with Gasteiger partial charge in [0.25, 0.3) is 0 Å². The van der Waals surface area contributed by atoms with Crippen molar-refractivity contribution >= 4 is 0 Å². The summed E-state index contributed by atoms with van der Waals surface area (Å²) in [4.78, 5) is 15.9. The van der Waals surface area contributed by atoms with E-state index in [0.717, 1.165) is 43.4 Å². The van der Waals surface area contributed by atoms with E-state index in [1.54, 1.807) is 24.3 Å². The summed E-state index contributed by atoms with van der Waals surface area (Å²) >= 11 is 0. The number of ether oxygens (including phenoxy) is 1. The molecule has 0 unspecified atom stereocenters. The maximum Gasteiger partial charge on any atom is 0.222 e. The van der Waals surface area contributed by atoms with E-state index in [0.29, 0.717) is 5.88 Å². The highest BCUT2D eigenvalue weighted by atomic mass is 19.1. The van der Waals surface area contributed by atoms with E-state index in [1.165, 1.54) is 6.07 Å². The molecule has 2 aromatic heterocycles. The molecule has 1 saturated heterocycles. The molecule has 1 atom stereocenters. The lowest BCUT2D eigenvalue weighted by Crippen LogP contribution is -2.22. The van der Waals surface area contributed by atoms with E-state index >= 15 is 0 Å². The molecular formula is C20H22FN5O. The summed E-state index contributed by atoms with van der Waals surface area (Å²) in [5.41, 5.74) is 0.814. The molecule has 1 aliphatic heterocycles. The summed E-state index contributed by atoms with van der Waals surface area (Å²) in [6.07, 6.45) is 4.75. The average Bonchev–Trinajstić information content (AvgIpc) is 3.27. The van der Waals surface area contributed by atoms with Gasteiger partial charge in [0.05, 0.1) is 6.54 Å². The third-order valence-corrected chi connectivity index (χ3v) is 4.82. The van der Waals surface area contributed by atoms with Gasteiger partial charge < -0.3 is 9.30 Å². The topological polar surface area (TPSA) is 56.1 Å². The summed E-state index contributed by atoms with van der Waals surface area (Å²) < 4.78 is 21.6. The van der Waals surface area contributed by atoms with Gasteiger partial charge in [-0.15, -0.1) is 0 Å². The van der Waals surface area contributed by atoms with Crippen LogP contribution in [0.2, 0.25) is 0 Å². The highest BCUT2D eigenvalue weighted by Crippen LogP contribution is 2.29. The number of aryl methyl sites for hydroxylation is 2. The molecule has 6 nitrogen and oxygen atoms in total. The minimum Gasteiger partial charge on any atom is -0.436 e. The van der Waals surface area contributed by atoms with Gasteiger partial charge in [-0.3, -0.25) is 4.90 Å². The van der Waals surface area contributed by atoms with Crippen LogP contribution in [0.4, 0.5) is 4.39 Å². The van der Waals surface area contributed by atoms with Crippen molar-refractivity contribution in [1.29, 1.82) is 0 Å². The number of para-hydroxylation sites is 1. The molecule has 0 N–H and O–H groups in total. The summed E-state index contributed by atoms with van der Waals surface area (Å²) in [6.45, 7) is 4.55. The van der Waals surface area contributed by atoms with E-state index in [-0.39, 0.29) is 11.7 Å². The molecule has 4 rings (SSSR count). The standard InChI is InChI=1S/C20H22FN5O/c1-14-11-19(27-17-6-4-3-5-16(17)21)24-20(23-14)15-7-9-26(12-15)13-18-22-8-10-25(18)2/h3-6,8,10-11,15H,7,9,12-13H2,1-2H3/t15-/m1/s1. The van der Waals surface area contributed by atoms with E-state index in [4.69, 9.17) is 4.74 Å². The third-order valence-electron chi connectivity index (χ3n) is 4.82. The number of likely N-dealkylation sites (tertiary alicyclic amines) is 1. The summed E-state index contributed by atoms with van der Waals surface area (Å²) in [6, 6.07) is 8.07. The number of imidazole rings is 1. The fourth-order valence-electron chi connectivity index (χ4n) is 3.37. The molecule has 27 heavy (non-hydrogen) atoms. The Hall–Kier alpha value is -2.80. The first-order valence-electron chi connectivity index (χ1n) is 9.05. The number of hydrogen-bond donors (Lipinski definition) is 0. The van der Waals surface area contributed by atoms with Crippen LogP contribution in [0.25, 0.3) is 0 Å². The smallest absolute Gasteiger partial charge is 0.222 e. The van der Waals surface area contributed by atoms with Crippen molar-refractivity contribution in [3.8, 4) is 11.6 Å². The number of rotatable bonds is 5. The Kier molecular flexibility index (Phi) is 4.85. The maximum atomic E-state index is 13.9. The van der Waals surface area contributed by atoms with E-state index in [2.05, 4.69) is 19.9 Å². The Morgan fingerprint density at radius 2 is 2.11 bits per heavy atom. The van der Waals surface area contributed by atoms with E-state index in [1.807, 2.05) is 30.9 Å². The van der Waals surface area contributed by atoms with Crippen molar-refractivity contribution in [3.05, 3.63) is 65.9 Å². The number of hydrogen-bond acceptors (Lipinski definition) is 5. The number of aromatic nitrogens is 4. The van der Waals surface area contributed by atoms with Crippen LogP contribution in [0.3, 0.4) is 0 Å². The van der Waals surface area contributed by atoms with E-state index < -0.39 is 5.82 Å². The first-order valence-corrected chi connectivity index (χ1v) is 9.05. The summed E-state index contributed by atoms with van der Waals surface area (Å²) in [5.74, 6) is 2.17. The van der Waals surface area contributed by atoms with Gasteiger partial charge in [0.1, 0.15) is 11.6 Å². The molecular weight excluding hydrogens is 345 g/mol. The maximum absolute atomic E-state index is 13.9. The van der Waals surface area contributed by atoms with Crippen molar-refractivity contribution in [2.24, 2.45) is 7.05 Å². The Balaban J connectivity index is 1.48. The Labute approximate surface area is 157 Å². The second-order valence-corrected chi connectivity index (χ2v) is 6.91. The van der Waals surface area contributed by atoms with Crippen molar-refractivity contribution in [1.82, 2.24) is 24.4 Å². The number of benzene rings is 1. The predicted octanol–water partition coefficient (Wildman–Crippen LogP) is 3.44. The van der Waals surface area contributed by atoms with Crippen LogP contribution in [0.15, 0.2) is 42.7 Å². The van der Waals surface area contributed by atoms with Gasteiger partial charge in [0, 0.05) is 43.7 Å². The zero-order chi connectivity index (χ0) is 18.8. The van der Waals surface area contributed by atoms with Crippen LogP contribution in [0.1, 0.15) is 29.7 Å². The van der Waals surface area contributed by atoms with Crippen LogP contribution < -0.4 is 4.74 Å². The van der Waals surface area contributed by atoms with Gasteiger partial charge in [-0.1, -0.05) is 12.1 Å². The highest BCUT2D eigenvalue weighted by Gasteiger charge is 2.27. The van der Waals surface area contributed by atoms with Crippen LogP contribution in [-0.2, 0) is 13.6 Å². The quantitative estimate of drug-likeness (QED) is 0.691. The molecule has 7 heteroatoms. The SMILES string of the molecule is Cc1cc(Oc2ccccc2F)nc([C@@H]2CCN(Cc3nccn3C)C2)n1. The zero-order valence-corrected chi connectivity index (χ0v) is 15.5. The minimum atomic E-state index is -0.405. The molecule has 1 aliphatic rings. The van der Waals surface area contributed by atoms with Gasteiger partial charge in [-0.25, -0.2) is 14.4 Å². The molecule has 0 spiro atoms. The molecule has 0 saturated carbocycles. The monoisotopic (exact) mass is 367 g/mol. The lowest BCUT2D eigenvalue weighted by atomic mass is 10.1. The molecule has 0 aliphatic carbocycles. The first-order chi connectivity index (χ1) is 13.1. The second kappa shape index (κ2) is 7.44. The molecule has 0 amide bonds. The summed E-state index contributed by atoms with van der Waals surface area (Å²) in [5, 5.41) is 0. The molecule has 0 radical (unpaired) electrons. The molecule has 3 heterocycles. The Morgan fingerprint density at radius 3 is 2.89 bits per heavy atom. The number of nitrogens with zero attached hydrogens (tertiary/aromatic N) is 5. The first kappa shape index (κ1) is 17.6. The fraction of sp³-hybridized carbons (Fsp3) is 0.350. The van der Waals surface area contributed by atoms with Crippen LogP contribution in [-0.4, -0.2) is 37.5 Å². The van der Waals surface area contributed by atoms with Crippen molar-refractivity contribution in [2.45, 2.75) is 25.8 Å². The predicted molar refractivity (Wildman–Crippen MR) is 99.1 cm³/mol. The number of halogens is 1. The van der Waals surface area contributed by atoms with Crippen LogP contribution in [0.5, 0.6) is 11.6 Å². The lowest BCUT2D eigenvalue weighted by Gasteiger charge is -2.16. The zero-order valence-electron chi connectivity index (χ0n) is 15.5. The third kappa shape index (κ3) is 3.98. The van der Waals surface area contributed by atoms with Crippen LogP contribution in [0, 0.1) is 12.7 Å².